The molecular formula is C11H15Cl2N. The van der Waals surface area contributed by atoms with Crippen molar-refractivity contribution in [2.24, 2.45) is 5.73 Å². The molecule has 3 heteroatoms. The van der Waals surface area contributed by atoms with Crippen LogP contribution in [0.4, 0.5) is 0 Å². The average molecular weight is 232 g/mol. The summed E-state index contributed by atoms with van der Waals surface area (Å²) in [5.74, 6) is 0. The van der Waals surface area contributed by atoms with Crippen molar-refractivity contribution in [1.82, 2.24) is 0 Å². The van der Waals surface area contributed by atoms with Crippen molar-refractivity contribution in [3.8, 4) is 0 Å². The number of hydrogen-bond acceptors (Lipinski definition) is 1. The van der Waals surface area contributed by atoms with Gasteiger partial charge in [0.15, 0.2) is 0 Å². The highest BCUT2D eigenvalue weighted by molar-refractivity contribution is 6.33. The summed E-state index contributed by atoms with van der Waals surface area (Å²) in [6.45, 7) is 4.89. The third-order valence-corrected chi connectivity index (χ3v) is 2.99. The van der Waals surface area contributed by atoms with Crippen molar-refractivity contribution in [2.45, 2.75) is 25.7 Å². The van der Waals surface area contributed by atoms with Gasteiger partial charge >= 0.3 is 0 Å². The zero-order valence-corrected chi connectivity index (χ0v) is 9.99. The van der Waals surface area contributed by atoms with E-state index < -0.39 is 0 Å². The second-order valence-electron chi connectivity index (χ2n) is 4.05. The number of rotatable bonds is 3. The van der Waals surface area contributed by atoms with Gasteiger partial charge in [-0.25, -0.2) is 0 Å². The van der Waals surface area contributed by atoms with E-state index in [1.54, 1.807) is 6.07 Å². The standard InChI is InChI=1S/C11H15Cl2N/c1-11(2,5-6-14)9-7-8(12)3-4-10(9)13/h3-4,7H,5-6,14H2,1-2H3. The molecule has 0 atom stereocenters. The normalized spacial score (nSPS) is 11.8. The van der Waals surface area contributed by atoms with E-state index in [0.717, 1.165) is 22.0 Å². The Morgan fingerprint density at radius 2 is 1.93 bits per heavy atom. The van der Waals surface area contributed by atoms with Crippen LogP contribution in [0.15, 0.2) is 18.2 Å². The first-order valence-electron chi connectivity index (χ1n) is 4.63. The highest BCUT2D eigenvalue weighted by Crippen LogP contribution is 2.33. The Morgan fingerprint density at radius 1 is 1.29 bits per heavy atom. The van der Waals surface area contributed by atoms with Gasteiger partial charge in [0, 0.05) is 10.0 Å². The molecule has 0 bridgehead atoms. The Kier molecular flexibility index (Phi) is 3.82. The third kappa shape index (κ3) is 2.63. The molecule has 0 spiro atoms. The van der Waals surface area contributed by atoms with Gasteiger partial charge < -0.3 is 5.73 Å². The van der Waals surface area contributed by atoms with Gasteiger partial charge in [-0.3, -0.25) is 0 Å². The van der Waals surface area contributed by atoms with E-state index in [1.807, 2.05) is 12.1 Å². The molecule has 0 aliphatic carbocycles. The Labute approximate surface area is 95.2 Å². The summed E-state index contributed by atoms with van der Waals surface area (Å²) >= 11 is 12.1. The van der Waals surface area contributed by atoms with Crippen LogP contribution in [-0.4, -0.2) is 6.54 Å². The summed E-state index contributed by atoms with van der Waals surface area (Å²) in [5, 5.41) is 1.47. The van der Waals surface area contributed by atoms with Crippen molar-refractivity contribution in [3.63, 3.8) is 0 Å². The molecule has 0 saturated heterocycles. The highest BCUT2D eigenvalue weighted by Gasteiger charge is 2.22. The van der Waals surface area contributed by atoms with Crippen LogP contribution < -0.4 is 5.73 Å². The summed E-state index contributed by atoms with van der Waals surface area (Å²) in [6.07, 6.45) is 0.896. The van der Waals surface area contributed by atoms with Gasteiger partial charge in [-0.1, -0.05) is 37.0 Å². The topological polar surface area (TPSA) is 26.0 Å². The Morgan fingerprint density at radius 3 is 2.50 bits per heavy atom. The summed E-state index contributed by atoms with van der Waals surface area (Å²) in [4.78, 5) is 0. The van der Waals surface area contributed by atoms with E-state index in [9.17, 15) is 0 Å². The zero-order chi connectivity index (χ0) is 10.8. The SMILES string of the molecule is CC(C)(CCN)c1cc(Cl)ccc1Cl. The van der Waals surface area contributed by atoms with Gasteiger partial charge in [0.05, 0.1) is 0 Å². The minimum Gasteiger partial charge on any atom is -0.330 e. The van der Waals surface area contributed by atoms with Gasteiger partial charge in [0.1, 0.15) is 0 Å². The first-order valence-corrected chi connectivity index (χ1v) is 5.38. The summed E-state index contributed by atoms with van der Waals surface area (Å²) in [6, 6.07) is 5.54. The lowest BCUT2D eigenvalue weighted by Crippen LogP contribution is -2.22. The van der Waals surface area contributed by atoms with Crippen molar-refractivity contribution in [2.75, 3.05) is 6.54 Å². The molecule has 2 N–H and O–H groups in total. The van der Waals surface area contributed by atoms with Gasteiger partial charge in [-0.05, 0) is 42.1 Å². The quantitative estimate of drug-likeness (QED) is 0.846. The Bertz CT molecular complexity index is 321. The highest BCUT2D eigenvalue weighted by atomic mass is 35.5. The summed E-state index contributed by atoms with van der Waals surface area (Å²) < 4.78 is 0. The smallest absolute Gasteiger partial charge is 0.0444 e. The van der Waals surface area contributed by atoms with E-state index in [-0.39, 0.29) is 5.41 Å². The molecule has 0 saturated carbocycles. The molecule has 0 aliphatic rings. The molecule has 1 aromatic carbocycles. The molecule has 1 aromatic rings. The largest absolute Gasteiger partial charge is 0.330 e. The van der Waals surface area contributed by atoms with Crippen LogP contribution in [0.5, 0.6) is 0 Å². The first kappa shape index (κ1) is 11.8. The molecule has 0 fully saturated rings. The predicted molar refractivity (Wildman–Crippen MR) is 63.2 cm³/mol. The van der Waals surface area contributed by atoms with E-state index in [0.29, 0.717) is 6.54 Å². The minimum atomic E-state index is -0.0171. The Balaban J connectivity index is 3.10. The zero-order valence-electron chi connectivity index (χ0n) is 8.48. The van der Waals surface area contributed by atoms with Gasteiger partial charge in [0.2, 0.25) is 0 Å². The van der Waals surface area contributed by atoms with Crippen LogP contribution in [0.1, 0.15) is 25.8 Å². The van der Waals surface area contributed by atoms with E-state index in [2.05, 4.69) is 13.8 Å². The molecule has 1 nitrogen and oxygen atoms in total. The predicted octanol–water partition coefficient (Wildman–Crippen LogP) is 3.62. The lowest BCUT2D eigenvalue weighted by molar-refractivity contribution is 0.488. The number of nitrogens with two attached hydrogens (primary N) is 1. The van der Waals surface area contributed by atoms with Crippen molar-refractivity contribution in [3.05, 3.63) is 33.8 Å². The fraction of sp³-hybridized carbons (Fsp3) is 0.455. The molecule has 0 amide bonds. The van der Waals surface area contributed by atoms with Crippen LogP contribution in [-0.2, 0) is 5.41 Å². The monoisotopic (exact) mass is 231 g/mol. The second-order valence-corrected chi connectivity index (χ2v) is 4.89. The van der Waals surface area contributed by atoms with Crippen molar-refractivity contribution < 1.29 is 0 Å². The molecule has 14 heavy (non-hydrogen) atoms. The van der Waals surface area contributed by atoms with Crippen molar-refractivity contribution >= 4 is 23.2 Å². The molecule has 1 rings (SSSR count). The van der Waals surface area contributed by atoms with E-state index in [4.69, 9.17) is 28.9 Å². The molecule has 0 unspecified atom stereocenters. The molecule has 0 radical (unpaired) electrons. The number of benzene rings is 1. The van der Waals surface area contributed by atoms with Crippen LogP contribution in [0.25, 0.3) is 0 Å². The first-order chi connectivity index (χ1) is 6.47. The van der Waals surface area contributed by atoms with Gasteiger partial charge in [-0.2, -0.15) is 0 Å². The summed E-state index contributed by atoms with van der Waals surface area (Å²) in [7, 11) is 0. The Hall–Kier alpha value is -0.240. The fourth-order valence-electron chi connectivity index (χ4n) is 1.51. The average Bonchev–Trinajstić information content (AvgIpc) is 2.09. The van der Waals surface area contributed by atoms with E-state index >= 15 is 0 Å². The molecule has 0 heterocycles. The van der Waals surface area contributed by atoms with E-state index in [1.165, 1.54) is 0 Å². The fourth-order valence-corrected chi connectivity index (χ4v) is 2.06. The van der Waals surface area contributed by atoms with Crippen LogP contribution in [0, 0.1) is 0 Å². The molecule has 0 aromatic heterocycles. The maximum Gasteiger partial charge on any atom is 0.0444 e. The van der Waals surface area contributed by atoms with Gasteiger partial charge in [-0.15, -0.1) is 0 Å². The number of halogens is 2. The maximum atomic E-state index is 6.12. The van der Waals surface area contributed by atoms with Crippen molar-refractivity contribution in [1.29, 1.82) is 0 Å². The van der Waals surface area contributed by atoms with Crippen LogP contribution >= 0.6 is 23.2 Å². The maximum absolute atomic E-state index is 6.12. The minimum absolute atomic E-state index is 0.0171. The molecular weight excluding hydrogens is 217 g/mol. The molecule has 0 aliphatic heterocycles. The number of hydrogen-bond donors (Lipinski definition) is 1. The summed E-state index contributed by atoms with van der Waals surface area (Å²) in [5.41, 5.74) is 6.61. The second kappa shape index (κ2) is 4.52. The third-order valence-electron chi connectivity index (χ3n) is 2.43. The van der Waals surface area contributed by atoms with Crippen LogP contribution in [0.3, 0.4) is 0 Å². The lowest BCUT2D eigenvalue weighted by Gasteiger charge is -2.25. The lowest BCUT2D eigenvalue weighted by atomic mass is 9.81. The van der Waals surface area contributed by atoms with Crippen LogP contribution in [0.2, 0.25) is 10.0 Å². The van der Waals surface area contributed by atoms with Gasteiger partial charge in [0.25, 0.3) is 0 Å². The molecule has 78 valence electrons.